The predicted octanol–water partition coefficient (Wildman–Crippen LogP) is 3.95. The number of hydrogen-bond donors (Lipinski definition) is 2. The minimum absolute atomic E-state index is 0. The van der Waals surface area contributed by atoms with E-state index in [1.807, 2.05) is 18.2 Å². The van der Waals surface area contributed by atoms with Gasteiger partial charge in [0.15, 0.2) is 5.96 Å². The third-order valence-electron chi connectivity index (χ3n) is 4.57. The minimum Gasteiger partial charge on any atom is -0.379 e. The Bertz CT molecular complexity index is 603. The van der Waals surface area contributed by atoms with Crippen LogP contribution in [0.2, 0.25) is 10.0 Å². The van der Waals surface area contributed by atoms with Gasteiger partial charge in [-0.05, 0) is 38.5 Å². The van der Waals surface area contributed by atoms with Crippen LogP contribution in [-0.2, 0) is 4.74 Å². The Kier molecular flexibility index (Phi) is 10.5. The van der Waals surface area contributed by atoms with Crippen molar-refractivity contribution in [3.05, 3.63) is 33.8 Å². The van der Waals surface area contributed by atoms with Crippen LogP contribution in [0.3, 0.4) is 0 Å². The fraction of sp³-hybridized carbons (Fsp3) is 0.611. The van der Waals surface area contributed by atoms with Crippen LogP contribution in [0.1, 0.15) is 32.4 Å². The summed E-state index contributed by atoms with van der Waals surface area (Å²) >= 11 is 12.1. The molecule has 1 aliphatic heterocycles. The van der Waals surface area contributed by atoms with Gasteiger partial charge < -0.3 is 15.4 Å². The molecule has 1 aromatic rings. The molecule has 2 N–H and O–H groups in total. The van der Waals surface area contributed by atoms with Crippen LogP contribution in [0.15, 0.2) is 23.2 Å². The van der Waals surface area contributed by atoms with Gasteiger partial charge in [-0.15, -0.1) is 24.0 Å². The summed E-state index contributed by atoms with van der Waals surface area (Å²) in [4.78, 5) is 6.79. The van der Waals surface area contributed by atoms with Gasteiger partial charge in [0, 0.05) is 32.2 Å². The Morgan fingerprint density at radius 3 is 2.69 bits per heavy atom. The lowest BCUT2D eigenvalue weighted by atomic mass is 10.1. The van der Waals surface area contributed by atoms with Crippen molar-refractivity contribution in [3.63, 3.8) is 0 Å². The maximum Gasteiger partial charge on any atom is 0.191 e. The summed E-state index contributed by atoms with van der Waals surface area (Å²) in [6.45, 7) is 9.88. The van der Waals surface area contributed by atoms with E-state index in [9.17, 15) is 0 Å². The largest absolute Gasteiger partial charge is 0.379 e. The summed E-state index contributed by atoms with van der Waals surface area (Å²) in [5, 5.41) is 7.93. The van der Waals surface area contributed by atoms with Crippen molar-refractivity contribution in [3.8, 4) is 0 Å². The Morgan fingerprint density at radius 1 is 1.35 bits per heavy atom. The first-order valence-electron chi connectivity index (χ1n) is 8.68. The maximum atomic E-state index is 6.11. The zero-order chi connectivity index (χ0) is 18.4. The standard InChI is InChI=1S/C18H28Cl2N4O.HI/c1-12(24-7-8-25-11-13(24)2)10-22-18(21-4)23-14(3)15-5-6-16(19)17(20)9-15;/h5-6,9,12-14H,7-8,10-11H2,1-4H3,(H2,21,22,23);1H. The van der Waals surface area contributed by atoms with Crippen LogP contribution >= 0.6 is 47.2 Å². The van der Waals surface area contributed by atoms with Gasteiger partial charge in [0.05, 0.1) is 29.3 Å². The lowest BCUT2D eigenvalue weighted by molar-refractivity contribution is -0.0174. The molecule has 2 rings (SSSR count). The second-order valence-corrected chi connectivity index (χ2v) is 7.32. The number of benzene rings is 1. The number of aliphatic imine (C=N–C) groups is 1. The van der Waals surface area contributed by atoms with Crippen LogP contribution in [0.4, 0.5) is 0 Å². The molecule has 0 aliphatic carbocycles. The fourth-order valence-corrected chi connectivity index (χ4v) is 3.33. The number of halogens is 3. The Hall–Kier alpha value is -0.280. The van der Waals surface area contributed by atoms with Crippen LogP contribution < -0.4 is 10.6 Å². The summed E-state index contributed by atoms with van der Waals surface area (Å²) in [6, 6.07) is 6.58. The predicted molar refractivity (Wildman–Crippen MR) is 121 cm³/mol. The van der Waals surface area contributed by atoms with Gasteiger partial charge >= 0.3 is 0 Å². The fourth-order valence-electron chi connectivity index (χ4n) is 3.02. The molecule has 0 bridgehead atoms. The van der Waals surface area contributed by atoms with Crippen molar-refractivity contribution >= 4 is 53.1 Å². The smallest absolute Gasteiger partial charge is 0.191 e. The zero-order valence-electron chi connectivity index (χ0n) is 15.8. The van der Waals surface area contributed by atoms with Gasteiger partial charge in [0.25, 0.3) is 0 Å². The monoisotopic (exact) mass is 514 g/mol. The van der Waals surface area contributed by atoms with Crippen LogP contribution in [0.25, 0.3) is 0 Å². The second kappa shape index (κ2) is 11.5. The molecule has 0 aromatic heterocycles. The van der Waals surface area contributed by atoms with E-state index >= 15 is 0 Å². The zero-order valence-corrected chi connectivity index (χ0v) is 19.6. The molecule has 8 heteroatoms. The minimum atomic E-state index is 0. The summed E-state index contributed by atoms with van der Waals surface area (Å²) in [5.41, 5.74) is 1.06. The van der Waals surface area contributed by atoms with Gasteiger partial charge in [0.1, 0.15) is 0 Å². The van der Waals surface area contributed by atoms with Crippen molar-refractivity contribution in [1.82, 2.24) is 15.5 Å². The first-order chi connectivity index (χ1) is 11.9. The summed E-state index contributed by atoms with van der Waals surface area (Å²) in [5.74, 6) is 0.770. The van der Waals surface area contributed by atoms with Crippen LogP contribution in [0, 0.1) is 0 Å². The number of ether oxygens (including phenoxy) is 1. The van der Waals surface area contributed by atoms with Gasteiger partial charge in [-0.2, -0.15) is 0 Å². The molecule has 3 atom stereocenters. The highest BCUT2D eigenvalue weighted by Gasteiger charge is 2.23. The molecule has 1 aromatic carbocycles. The molecule has 0 radical (unpaired) electrons. The molecule has 1 fully saturated rings. The number of guanidine groups is 1. The van der Waals surface area contributed by atoms with Crippen molar-refractivity contribution < 1.29 is 4.74 Å². The molecule has 5 nitrogen and oxygen atoms in total. The molecule has 26 heavy (non-hydrogen) atoms. The lowest BCUT2D eigenvalue weighted by Crippen LogP contribution is -2.53. The SMILES string of the molecule is CN=C(NCC(C)N1CCOCC1C)NC(C)c1ccc(Cl)c(Cl)c1.I. The number of morpholine rings is 1. The Labute approximate surface area is 183 Å². The van der Waals surface area contributed by atoms with E-state index in [1.165, 1.54) is 0 Å². The summed E-state index contributed by atoms with van der Waals surface area (Å²) < 4.78 is 5.51. The molecule has 1 heterocycles. The van der Waals surface area contributed by atoms with E-state index in [-0.39, 0.29) is 30.0 Å². The van der Waals surface area contributed by atoms with Gasteiger partial charge in [-0.3, -0.25) is 9.89 Å². The van der Waals surface area contributed by atoms with Crippen LogP contribution in [0.5, 0.6) is 0 Å². The summed E-state index contributed by atoms with van der Waals surface area (Å²) in [7, 11) is 1.78. The molecular formula is C18H29Cl2IN4O. The van der Waals surface area contributed by atoms with Crippen molar-refractivity contribution in [2.45, 2.75) is 38.9 Å². The lowest BCUT2D eigenvalue weighted by Gasteiger charge is -2.38. The third-order valence-corrected chi connectivity index (χ3v) is 5.31. The highest BCUT2D eigenvalue weighted by atomic mass is 127. The Balaban J connectivity index is 0.00000338. The number of rotatable bonds is 5. The van der Waals surface area contributed by atoms with Crippen molar-refractivity contribution in [2.24, 2.45) is 4.99 Å². The average molecular weight is 515 g/mol. The van der Waals surface area contributed by atoms with Gasteiger partial charge in [0.2, 0.25) is 0 Å². The summed E-state index contributed by atoms with van der Waals surface area (Å²) in [6.07, 6.45) is 0. The Morgan fingerprint density at radius 2 is 2.08 bits per heavy atom. The quantitative estimate of drug-likeness (QED) is 0.355. The second-order valence-electron chi connectivity index (χ2n) is 6.50. The molecule has 0 saturated carbocycles. The normalized spacial score (nSPS) is 20.8. The van der Waals surface area contributed by atoms with E-state index in [0.29, 0.717) is 22.1 Å². The van der Waals surface area contributed by atoms with Crippen LogP contribution in [-0.4, -0.2) is 56.3 Å². The van der Waals surface area contributed by atoms with E-state index in [0.717, 1.165) is 37.8 Å². The average Bonchev–Trinajstić information content (AvgIpc) is 2.60. The van der Waals surface area contributed by atoms with E-state index in [4.69, 9.17) is 27.9 Å². The van der Waals surface area contributed by atoms with Gasteiger partial charge in [-0.25, -0.2) is 0 Å². The molecule has 0 spiro atoms. The van der Waals surface area contributed by atoms with E-state index in [2.05, 4.69) is 41.3 Å². The van der Waals surface area contributed by atoms with Crippen molar-refractivity contribution in [1.29, 1.82) is 0 Å². The molecule has 0 amide bonds. The third kappa shape index (κ3) is 6.71. The number of nitrogens with zero attached hydrogens (tertiary/aromatic N) is 2. The number of nitrogens with one attached hydrogen (secondary N) is 2. The molecule has 3 unspecified atom stereocenters. The molecule has 148 valence electrons. The van der Waals surface area contributed by atoms with E-state index < -0.39 is 0 Å². The van der Waals surface area contributed by atoms with E-state index in [1.54, 1.807) is 7.05 Å². The first kappa shape index (κ1) is 23.8. The maximum absolute atomic E-state index is 6.11. The van der Waals surface area contributed by atoms with Gasteiger partial charge in [-0.1, -0.05) is 29.3 Å². The van der Waals surface area contributed by atoms with Crippen molar-refractivity contribution in [2.75, 3.05) is 33.4 Å². The highest BCUT2D eigenvalue weighted by Crippen LogP contribution is 2.25. The number of hydrogen-bond acceptors (Lipinski definition) is 3. The topological polar surface area (TPSA) is 48.9 Å². The molecule has 1 aliphatic rings. The molecule has 1 saturated heterocycles. The highest BCUT2D eigenvalue weighted by molar-refractivity contribution is 14.0. The first-order valence-corrected chi connectivity index (χ1v) is 9.43. The molecular weight excluding hydrogens is 486 g/mol.